The minimum absolute atomic E-state index is 0.0530. The van der Waals surface area contributed by atoms with Crippen LogP contribution < -0.4 is 5.32 Å². The highest BCUT2D eigenvalue weighted by Crippen LogP contribution is 2.34. The Kier molecular flexibility index (Phi) is 3.39. The Morgan fingerprint density at radius 3 is 2.38 bits per heavy atom. The lowest BCUT2D eigenvalue weighted by Crippen LogP contribution is -2.01. The molecule has 1 aromatic rings. The Balaban J connectivity index is 2.92. The van der Waals surface area contributed by atoms with Crippen molar-refractivity contribution in [2.24, 2.45) is 0 Å². The minimum Gasteiger partial charge on any atom is -0.505 e. The van der Waals surface area contributed by atoms with Crippen molar-refractivity contribution in [1.29, 1.82) is 0 Å². The molecule has 0 spiro atoms. The quantitative estimate of drug-likeness (QED) is 0.766. The van der Waals surface area contributed by atoms with E-state index in [1.165, 1.54) is 12.1 Å². The van der Waals surface area contributed by atoms with Crippen molar-refractivity contribution in [2.75, 3.05) is 11.9 Å². The average Bonchev–Trinajstić information content (AvgIpc) is 2.10. The van der Waals surface area contributed by atoms with Gasteiger partial charge in [0.25, 0.3) is 0 Å². The molecule has 13 heavy (non-hydrogen) atoms. The molecule has 1 aromatic carbocycles. The van der Waals surface area contributed by atoms with Crippen molar-refractivity contribution in [3.63, 3.8) is 0 Å². The van der Waals surface area contributed by atoms with Gasteiger partial charge >= 0.3 is 0 Å². The number of rotatable bonds is 3. The molecule has 0 aromatic heterocycles. The molecule has 0 fully saturated rings. The standard InChI is InChI=1S/C8H6Cl2NO2/c9-6-3-5(11-1-2-12)4-7(10)8(6)13/h3-4,11,13H,1H2. The van der Waals surface area contributed by atoms with Gasteiger partial charge in [-0.1, -0.05) is 23.2 Å². The number of aromatic hydroxyl groups is 1. The topological polar surface area (TPSA) is 49.3 Å². The summed E-state index contributed by atoms with van der Waals surface area (Å²) < 4.78 is 0. The molecule has 1 radical (unpaired) electrons. The molecule has 5 heteroatoms. The Labute approximate surface area is 85.3 Å². The van der Waals surface area contributed by atoms with E-state index >= 15 is 0 Å². The van der Waals surface area contributed by atoms with Crippen LogP contribution in [0.1, 0.15) is 0 Å². The van der Waals surface area contributed by atoms with Crippen LogP contribution in [0.4, 0.5) is 5.69 Å². The van der Waals surface area contributed by atoms with Gasteiger partial charge in [-0.25, -0.2) is 0 Å². The predicted octanol–water partition coefficient (Wildman–Crippen LogP) is 2.22. The van der Waals surface area contributed by atoms with Gasteiger partial charge < -0.3 is 10.4 Å². The summed E-state index contributed by atoms with van der Waals surface area (Å²) in [4.78, 5) is 9.91. The summed E-state index contributed by atoms with van der Waals surface area (Å²) in [6, 6.07) is 2.94. The van der Waals surface area contributed by atoms with Crippen molar-refractivity contribution in [3.05, 3.63) is 22.2 Å². The number of phenolic OH excluding ortho intramolecular Hbond substituents is 1. The molecule has 0 amide bonds. The van der Waals surface area contributed by atoms with Crippen LogP contribution in [0.15, 0.2) is 12.1 Å². The molecule has 0 unspecified atom stereocenters. The SMILES string of the molecule is O=[C]CNc1cc(Cl)c(O)c(Cl)c1. The molecule has 2 N–H and O–H groups in total. The first kappa shape index (κ1) is 10.2. The molecule has 0 heterocycles. The highest BCUT2D eigenvalue weighted by molar-refractivity contribution is 6.37. The molecule has 0 atom stereocenters. The van der Waals surface area contributed by atoms with E-state index < -0.39 is 0 Å². The third kappa shape index (κ3) is 2.50. The average molecular weight is 219 g/mol. The molecule has 0 saturated carbocycles. The van der Waals surface area contributed by atoms with Crippen molar-refractivity contribution in [1.82, 2.24) is 0 Å². The summed E-state index contributed by atoms with van der Waals surface area (Å²) in [7, 11) is 0. The Morgan fingerprint density at radius 1 is 1.38 bits per heavy atom. The molecular weight excluding hydrogens is 213 g/mol. The smallest absolute Gasteiger partial charge is 0.219 e. The second kappa shape index (κ2) is 4.35. The number of carbonyl (C=O) groups excluding carboxylic acids is 1. The summed E-state index contributed by atoms with van der Waals surface area (Å²) in [6.45, 7) is 0.0530. The molecule has 0 bridgehead atoms. The van der Waals surface area contributed by atoms with E-state index in [1.807, 2.05) is 0 Å². The third-order valence-electron chi connectivity index (χ3n) is 1.38. The lowest BCUT2D eigenvalue weighted by Gasteiger charge is -2.05. The van der Waals surface area contributed by atoms with E-state index in [2.05, 4.69) is 5.32 Å². The fourth-order valence-corrected chi connectivity index (χ4v) is 1.29. The number of anilines is 1. The van der Waals surface area contributed by atoms with Crippen molar-refractivity contribution in [2.45, 2.75) is 0 Å². The molecule has 0 aliphatic heterocycles. The van der Waals surface area contributed by atoms with E-state index in [4.69, 9.17) is 23.2 Å². The van der Waals surface area contributed by atoms with Crippen LogP contribution in [0.5, 0.6) is 5.75 Å². The summed E-state index contributed by atoms with van der Waals surface area (Å²) in [5.74, 6) is -0.163. The number of phenols is 1. The second-order valence-electron chi connectivity index (χ2n) is 2.29. The lowest BCUT2D eigenvalue weighted by molar-refractivity contribution is 0.476. The zero-order valence-electron chi connectivity index (χ0n) is 6.47. The number of hydrogen-bond donors (Lipinski definition) is 2. The van der Waals surface area contributed by atoms with Gasteiger partial charge in [-0.05, 0) is 12.1 Å². The van der Waals surface area contributed by atoms with Crippen molar-refractivity contribution >= 4 is 35.2 Å². The Hall–Kier alpha value is -0.930. The Bertz CT molecular complexity index is 305. The monoisotopic (exact) mass is 218 g/mol. The van der Waals surface area contributed by atoms with Gasteiger partial charge in [-0.3, -0.25) is 4.79 Å². The summed E-state index contributed by atoms with van der Waals surface area (Å²) in [5, 5.41) is 12.2. The molecule has 0 aliphatic carbocycles. The molecule has 3 nitrogen and oxygen atoms in total. The van der Waals surface area contributed by atoms with Crippen LogP contribution in [0.2, 0.25) is 10.0 Å². The van der Waals surface area contributed by atoms with Crippen LogP contribution >= 0.6 is 23.2 Å². The number of benzene rings is 1. The molecule has 0 aliphatic rings. The van der Waals surface area contributed by atoms with Crippen molar-refractivity contribution in [3.8, 4) is 5.75 Å². The summed E-state index contributed by atoms with van der Waals surface area (Å²) in [5.41, 5.74) is 0.566. The first-order chi connectivity index (χ1) is 6.15. The number of halogens is 2. The van der Waals surface area contributed by atoms with Crippen LogP contribution in [-0.2, 0) is 4.79 Å². The lowest BCUT2D eigenvalue weighted by atomic mass is 10.3. The van der Waals surface area contributed by atoms with Gasteiger partial charge in [-0.15, -0.1) is 0 Å². The van der Waals surface area contributed by atoms with Crippen LogP contribution in [0, 0.1) is 0 Å². The van der Waals surface area contributed by atoms with Crippen LogP contribution in [-0.4, -0.2) is 17.9 Å². The third-order valence-corrected chi connectivity index (χ3v) is 1.96. The van der Waals surface area contributed by atoms with E-state index in [0.29, 0.717) is 5.69 Å². The Morgan fingerprint density at radius 2 is 1.92 bits per heavy atom. The fourth-order valence-electron chi connectivity index (χ4n) is 0.806. The van der Waals surface area contributed by atoms with Gasteiger partial charge in [-0.2, -0.15) is 0 Å². The van der Waals surface area contributed by atoms with Gasteiger partial charge in [0, 0.05) is 5.69 Å². The minimum atomic E-state index is -0.163. The van der Waals surface area contributed by atoms with E-state index in [0.717, 1.165) is 0 Å². The highest BCUT2D eigenvalue weighted by Gasteiger charge is 2.05. The van der Waals surface area contributed by atoms with Gasteiger partial charge in [0.2, 0.25) is 6.29 Å². The number of hydrogen-bond acceptors (Lipinski definition) is 3. The van der Waals surface area contributed by atoms with E-state index in [1.54, 1.807) is 6.29 Å². The summed E-state index contributed by atoms with van der Waals surface area (Å²) >= 11 is 11.3. The normalized spacial score (nSPS) is 9.69. The van der Waals surface area contributed by atoms with Crippen LogP contribution in [0.25, 0.3) is 0 Å². The van der Waals surface area contributed by atoms with Crippen molar-refractivity contribution < 1.29 is 9.90 Å². The molecule has 0 saturated heterocycles. The van der Waals surface area contributed by atoms with E-state index in [9.17, 15) is 9.90 Å². The fraction of sp³-hybridized carbons (Fsp3) is 0.125. The zero-order chi connectivity index (χ0) is 9.84. The first-order valence-corrected chi connectivity index (χ1v) is 4.17. The molecule has 1 rings (SSSR count). The first-order valence-electron chi connectivity index (χ1n) is 3.42. The van der Waals surface area contributed by atoms with Gasteiger partial charge in [0.1, 0.15) is 0 Å². The maximum Gasteiger partial charge on any atom is 0.219 e. The zero-order valence-corrected chi connectivity index (χ0v) is 7.99. The second-order valence-corrected chi connectivity index (χ2v) is 3.10. The largest absolute Gasteiger partial charge is 0.505 e. The highest BCUT2D eigenvalue weighted by atomic mass is 35.5. The van der Waals surface area contributed by atoms with Crippen LogP contribution in [0.3, 0.4) is 0 Å². The van der Waals surface area contributed by atoms with Gasteiger partial charge in [0.05, 0.1) is 16.6 Å². The maximum absolute atomic E-state index is 9.91. The summed E-state index contributed by atoms with van der Waals surface area (Å²) in [6.07, 6.45) is 1.66. The van der Waals surface area contributed by atoms with E-state index in [-0.39, 0.29) is 22.3 Å². The molecular formula is C8H6Cl2NO2. The number of nitrogens with one attached hydrogen (secondary N) is 1. The van der Waals surface area contributed by atoms with Gasteiger partial charge in [0.15, 0.2) is 5.75 Å². The molecule has 69 valence electrons. The maximum atomic E-state index is 9.91. The predicted molar refractivity (Wildman–Crippen MR) is 52.3 cm³/mol.